The molecule has 1 aromatic carbocycles. The fourth-order valence-corrected chi connectivity index (χ4v) is 2.31. The van der Waals surface area contributed by atoms with E-state index in [2.05, 4.69) is 0 Å². The number of aryl methyl sites for hydroxylation is 1. The van der Waals surface area contributed by atoms with E-state index < -0.39 is 12.6 Å². The van der Waals surface area contributed by atoms with Gasteiger partial charge in [-0.1, -0.05) is 11.6 Å². The van der Waals surface area contributed by atoms with Crippen molar-refractivity contribution >= 4 is 22.5 Å². The molecule has 0 aliphatic carbocycles. The minimum atomic E-state index is -4.15. The van der Waals surface area contributed by atoms with Gasteiger partial charge in [0.1, 0.15) is 0 Å². The monoisotopic (exact) mass is 291 g/mol. The molecule has 0 saturated heterocycles. The van der Waals surface area contributed by atoms with Crippen LogP contribution in [0.1, 0.15) is 18.5 Å². The molecule has 2 rings (SSSR count). The molecular weight excluding hydrogens is 279 g/mol. The largest absolute Gasteiger partial charge is 0.390 e. The summed E-state index contributed by atoms with van der Waals surface area (Å²) in [5, 5.41) is 10.7. The number of hydrogen-bond acceptors (Lipinski definition) is 1. The quantitative estimate of drug-likeness (QED) is 0.900. The fourth-order valence-electron chi connectivity index (χ4n) is 2.13. The molecule has 0 aliphatic rings. The smallest absolute Gasteiger partial charge is 0.389 e. The van der Waals surface area contributed by atoms with Crippen molar-refractivity contribution in [1.29, 1.82) is 0 Å². The van der Waals surface area contributed by atoms with E-state index in [1.807, 2.05) is 0 Å². The number of rotatable bonds is 4. The average Bonchev–Trinajstić information content (AvgIpc) is 2.65. The molecule has 19 heavy (non-hydrogen) atoms. The van der Waals surface area contributed by atoms with Crippen LogP contribution in [0.25, 0.3) is 10.9 Å². The van der Waals surface area contributed by atoms with E-state index >= 15 is 0 Å². The van der Waals surface area contributed by atoms with Gasteiger partial charge in [-0.25, -0.2) is 0 Å². The van der Waals surface area contributed by atoms with E-state index in [-0.39, 0.29) is 19.6 Å². The molecule has 0 amide bonds. The number of aliphatic hydroxyl groups excluding tert-OH is 1. The minimum absolute atomic E-state index is 0.0110. The first kappa shape index (κ1) is 14.2. The van der Waals surface area contributed by atoms with Crippen LogP contribution in [0.15, 0.2) is 24.3 Å². The second kappa shape index (κ2) is 5.43. The van der Waals surface area contributed by atoms with Crippen molar-refractivity contribution in [2.75, 3.05) is 0 Å². The zero-order valence-electron chi connectivity index (χ0n) is 10.0. The van der Waals surface area contributed by atoms with Crippen molar-refractivity contribution in [1.82, 2.24) is 4.57 Å². The Labute approximate surface area is 113 Å². The van der Waals surface area contributed by atoms with Gasteiger partial charge in [0.15, 0.2) is 0 Å². The summed E-state index contributed by atoms with van der Waals surface area (Å²) in [6.45, 7) is 0.0128. The third-order valence-corrected chi connectivity index (χ3v) is 3.19. The normalized spacial score (nSPS) is 12.3. The molecule has 2 nitrogen and oxygen atoms in total. The molecular formula is C13H13ClF3NO. The molecule has 1 aromatic heterocycles. The molecule has 1 N–H and O–H groups in total. The molecule has 0 atom stereocenters. The van der Waals surface area contributed by atoms with Crippen molar-refractivity contribution in [3.05, 3.63) is 35.0 Å². The molecule has 1 heterocycles. The van der Waals surface area contributed by atoms with Crippen molar-refractivity contribution in [3.63, 3.8) is 0 Å². The first-order valence-electron chi connectivity index (χ1n) is 5.86. The lowest BCUT2D eigenvalue weighted by atomic mass is 10.2. The third-order valence-electron chi connectivity index (χ3n) is 2.95. The van der Waals surface area contributed by atoms with Crippen LogP contribution in [0.5, 0.6) is 0 Å². The maximum absolute atomic E-state index is 12.2. The molecule has 0 bridgehead atoms. The van der Waals surface area contributed by atoms with Gasteiger partial charge in [-0.05, 0) is 30.7 Å². The van der Waals surface area contributed by atoms with Gasteiger partial charge in [0.2, 0.25) is 0 Å². The summed E-state index contributed by atoms with van der Waals surface area (Å²) in [6.07, 6.45) is -4.99. The molecule has 0 unspecified atom stereocenters. The Kier molecular flexibility index (Phi) is 4.06. The summed E-state index contributed by atoms with van der Waals surface area (Å²) in [4.78, 5) is 0. The van der Waals surface area contributed by atoms with Gasteiger partial charge in [0, 0.05) is 34.6 Å². The van der Waals surface area contributed by atoms with E-state index in [1.165, 1.54) is 0 Å². The van der Waals surface area contributed by atoms with Crippen molar-refractivity contribution in [2.45, 2.75) is 32.2 Å². The summed E-state index contributed by atoms with van der Waals surface area (Å²) < 4.78 is 38.2. The van der Waals surface area contributed by atoms with Gasteiger partial charge >= 0.3 is 6.18 Å². The van der Waals surface area contributed by atoms with Gasteiger partial charge in [0.05, 0.1) is 6.61 Å². The summed E-state index contributed by atoms with van der Waals surface area (Å²) in [5.41, 5.74) is 1.38. The summed E-state index contributed by atoms with van der Waals surface area (Å²) in [5.74, 6) is 0. The first-order chi connectivity index (χ1) is 8.90. The number of alkyl halides is 3. The van der Waals surface area contributed by atoms with Gasteiger partial charge < -0.3 is 9.67 Å². The summed E-state index contributed by atoms with van der Waals surface area (Å²) in [7, 11) is 0. The average molecular weight is 292 g/mol. The predicted octanol–water partition coefficient (Wildman–Crippen LogP) is 4.13. The molecule has 0 spiro atoms. The van der Waals surface area contributed by atoms with E-state index in [0.717, 1.165) is 10.9 Å². The Bertz CT molecular complexity index is 577. The number of benzene rings is 1. The lowest BCUT2D eigenvalue weighted by Crippen LogP contribution is -2.10. The molecule has 0 saturated carbocycles. The maximum Gasteiger partial charge on any atom is 0.389 e. The van der Waals surface area contributed by atoms with Gasteiger partial charge in [-0.3, -0.25) is 0 Å². The standard InChI is InChI=1S/C13H13ClF3NO/c14-10-2-3-12-9(6-10)7-11(8-19)18(12)5-1-4-13(15,16)17/h2-3,6-7,19H,1,4-5,8H2. The van der Waals surface area contributed by atoms with E-state index in [9.17, 15) is 18.3 Å². The van der Waals surface area contributed by atoms with Crippen LogP contribution in [0.3, 0.4) is 0 Å². The number of aromatic nitrogens is 1. The highest BCUT2D eigenvalue weighted by Gasteiger charge is 2.26. The van der Waals surface area contributed by atoms with Crippen LogP contribution in [-0.2, 0) is 13.2 Å². The lowest BCUT2D eigenvalue weighted by molar-refractivity contribution is -0.135. The highest BCUT2D eigenvalue weighted by atomic mass is 35.5. The van der Waals surface area contributed by atoms with Crippen LogP contribution < -0.4 is 0 Å². The molecule has 0 fully saturated rings. The molecule has 104 valence electrons. The van der Waals surface area contributed by atoms with E-state index in [4.69, 9.17) is 11.6 Å². The topological polar surface area (TPSA) is 25.2 Å². The number of aliphatic hydroxyl groups is 1. The molecule has 2 aromatic rings. The van der Waals surface area contributed by atoms with Crippen LogP contribution in [0.2, 0.25) is 5.02 Å². The fraction of sp³-hybridized carbons (Fsp3) is 0.385. The Hall–Kier alpha value is -1.20. The van der Waals surface area contributed by atoms with Crippen molar-refractivity contribution < 1.29 is 18.3 Å². The zero-order chi connectivity index (χ0) is 14.0. The number of nitrogens with zero attached hydrogens (tertiary/aromatic N) is 1. The Morgan fingerprint density at radius 1 is 1.21 bits per heavy atom. The van der Waals surface area contributed by atoms with Gasteiger partial charge in [-0.2, -0.15) is 13.2 Å². The lowest BCUT2D eigenvalue weighted by Gasteiger charge is -2.10. The Balaban J connectivity index is 2.25. The molecule has 0 aliphatic heterocycles. The van der Waals surface area contributed by atoms with Crippen molar-refractivity contribution in [3.8, 4) is 0 Å². The van der Waals surface area contributed by atoms with Crippen LogP contribution >= 0.6 is 11.6 Å². The number of halogens is 4. The van der Waals surface area contributed by atoms with Gasteiger partial charge in [-0.15, -0.1) is 0 Å². The highest BCUT2D eigenvalue weighted by Crippen LogP contribution is 2.26. The Morgan fingerprint density at radius 2 is 1.95 bits per heavy atom. The summed E-state index contributed by atoms with van der Waals surface area (Å²) >= 11 is 5.87. The SMILES string of the molecule is OCc1cc2cc(Cl)ccc2n1CCCC(F)(F)F. The van der Waals surface area contributed by atoms with Crippen LogP contribution in [0.4, 0.5) is 13.2 Å². The van der Waals surface area contributed by atoms with Crippen LogP contribution in [0, 0.1) is 0 Å². The predicted molar refractivity (Wildman–Crippen MR) is 68.2 cm³/mol. The van der Waals surface area contributed by atoms with Gasteiger partial charge in [0.25, 0.3) is 0 Å². The van der Waals surface area contributed by atoms with E-state index in [0.29, 0.717) is 10.7 Å². The number of fused-ring (bicyclic) bond motifs is 1. The molecule has 6 heteroatoms. The third kappa shape index (κ3) is 3.42. The first-order valence-corrected chi connectivity index (χ1v) is 6.24. The maximum atomic E-state index is 12.2. The second-order valence-electron chi connectivity index (χ2n) is 4.37. The molecule has 0 radical (unpaired) electrons. The van der Waals surface area contributed by atoms with E-state index in [1.54, 1.807) is 28.8 Å². The number of hydrogen-bond donors (Lipinski definition) is 1. The zero-order valence-corrected chi connectivity index (χ0v) is 10.8. The minimum Gasteiger partial charge on any atom is -0.390 e. The second-order valence-corrected chi connectivity index (χ2v) is 4.80. The highest BCUT2D eigenvalue weighted by molar-refractivity contribution is 6.31. The van der Waals surface area contributed by atoms with Crippen molar-refractivity contribution in [2.24, 2.45) is 0 Å². The Morgan fingerprint density at radius 3 is 2.58 bits per heavy atom. The van der Waals surface area contributed by atoms with Crippen LogP contribution in [-0.4, -0.2) is 15.8 Å². The summed E-state index contributed by atoms with van der Waals surface area (Å²) in [6, 6.07) is 6.92.